The van der Waals surface area contributed by atoms with Crippen molar-refractivity contribution in [3.05, 3.63) is 46.2 Å². The van der Waals surface area contributed by atoms with Gasteiger partial charge in [-0.25, -0.2) is 9.37 Å². The Labute approximate surface area is 116 Å². The van der Waals surface area contributed by atoms with E-state index in [1.807, 2.05) is 11.4 Å². The third kappa shape index (κ3) is 4.29. The number of ether oxygens (including phenoxy) is 1. The van der Waals surface area contributed by atoms with Crippen molar-refractivity contribution >= 4 is 11.3 Å². The summed E-state index contributed by atoms with van der Waals surface area (Å²) in [5.74, 6) is -0.0539. The zero-order chi connectivity index (χ0) is 13.5. The van der Waals surface area contributed by atoms with Crippen LogP contribution in [0.5, 0.6) is 5.75 Å². The molecule has 0 radical (unpaired) electrons. The van der Waals surface area contributed by atoms with Gasteiger partial charge in [0, 0.05) is 18.1 Å². The van der Waals surface area contributed by atoms with Crippen molar-refractivity contribution in [2.45, 2.75) is 26.5 Å². The van der Waals surface area contributed by atoms with E-state index in [4.69, 9.17) is 4.74 Å². The van der Waals surface area contributed by atoms with Gasteiger partial charge in [0.05, 0.1) is 0 Å². The minimum absolute atomic E-state index is 0.273. The first kappa shape index (κ1) is 14.0. The van der Waals surface area contributed by atoms with Crippen LogP contribution in [0.1, 0.15) is 23.9 Å². The van der Waals surface area contributed by atoms with Crippen LogP contribution in [-0.4, -0.2) is 11.5 Å². The van der Waals surface area contributed by atoms with E-state index in [9.17, 15) is 4.39 Å². The molecule has 1 aromatic heterocycles. The van der Waals surface area contributed by atoms with E-state index in [1.165, 1.54) is 17.4 Å². The minimum Gasteiger partial charge on any atom is -0.483 e. The fraction of sp³-hybridized carbons (Fsp3) is 0.357. The highest BCUT2D eigenvalue weighted by atomic mass is 32.1. The van der Waals surface area contributed by atoms with Gasteiger partial charge in [-0.15, -0.1) is 11.3 Å². The lowest BCUT2D eigenvalue weighted by Gasteiger charge is -2.08. The summed E-state index contributed by atoms with van der Waals surface area (Å²) in [5.41, 5.74) is 0.924. The highest BCUT2D eigenvalue weighted by molar-refractivity contribution is 7.09. The molecule has 0 saturated carbocycles. The van der Waals surface area contributed by atoms with Crippen LogP contribution < -0.4 is 10.1 Å². The van der Waals surface area contributed by atoms with Crippen molar-refractivity contribution in [1.29, 1.82) is 0 Å². The second-order valence-electron chi connectivity index (χ2n) is 4.16. The second-order valence-corrected chi connectivity index (χ2v) is 5.14. The maximum Gasteiger partial charge on any atom is 0.165 e. The van der Waals surface area contributed by atoms with Gasteiger partial charge in [0.2, 0.25) is 0 Å². The Kier molecular flexibility index (Phi) is 5.30. The van der Waals surface area contributed by atoms with E-state index >= 15 is 0 Å². The first-order chi connectivity index (χ1) is 9.29. The maximum absolute atomic E-state index is 13.8. The predicted molar refractivity (Wildman–Crippen MR) is 74.8 cm³/mol. The fourth-order valence-corrected chi connectivity index (χ4v) is 2.17. The quantitative estimate of drug-likeness (QED) is 0.790. The van der Waals surface area contributed by atoms with Gasteiger partial charge in [0.1, 0.15) is 11.6 Å². The molecule has 0 spiro atoms. The van der Waals surface area contributed by atoms with E-state index in [2.05, 4.69) is 17.2 Å². The summed E-state index contributed by atoms with van der Waals surface area (Å²) in [6.07, 6.45) is 2.78. The Morgan fingerprint density at radius 2 is 2.32 bits per heavy atom. The molecule has 0 aliphatic rings. The molecule has 0 aliphatic heterocycles. The van der Waals surface area contributed by atoms with Gasteiger partial charge in [-0.05, 0) is 30.7 Å². The van der Waals surface area contributed by atoms with Crippen LogP contribution in [-0.2, 0) is 13.2 Å². The van der Waals surface area contributed by atoms with Crippen LogP contribution in [0, 0.1) is 5.82 Å². The molecule has 3 nitrogen and oxygen atoms in total. The van der Waals surface area contributed by atoms with Crippen LogP contribution in [0.15, 0.2) is 29.8 Å². The van der Waals surface area contributed by atoms with Crippen molar-refractivity contribution in [2.75, 3.05) is 6.54 Å². The summed E-state index contributed by atoms with van der Waals surface area (Å²) in [5, 5.41) is 5.95. The van der Waals surface area contributed by atoms with Gasteiger partial charge in [-0.2, -0.15) is 0 Å². The van der Waals surface area contributed by atoms with Crippen molar-refractivity contribution in [2.24, 2.45) is 0 Å². The molecule has 0 fully saturated rings. The van der Waals surface area contributed by atoms with Crippen LogP contribution in [0.25, 0.3) is 0 Å². The fourth-order valence-electron chi connectivity index (χ4n) is 1.64. The molecule has 19 heavy (non-hydrogen) atoms. The molecule has 0 saturated heterocycles. The number of hydrogen-bond donors (Lipinski definition) is 1. The summed E-state index contributed by atoms with van der Waals surface area (Å²) >= 11 is 1.50. The van der Waals surface area contributed by atoms with Gasteiger partial charge in [-0.1, -0.05) is 13.0 Å². The lowest BCUT2D eigenvalue weighted by molar-refractivity contribution is 0.289. The Morgan fingerprint density at radius 1 is 1.42 bits per heavy atom. The first-order valence-electron chi connectivity index (χ1n) is 6.30. The number of nitrogens with zero attached hydrogens (tertiary/aromatic N) is 1. The van der Waals surface area contributed by atoms with Crippen molar-refractivity contribution in [3.8, 4) is 5.75 Å². The van der Waals surface area contributed by atoms with Crippen molar-refractivity contribution in [1.82, 2.24) is 10.3 Å². The largest absolute Gasteiger partial charge is 0.483 e. The number of hydrogen-bond acceptors (Lipinski definition) is 4. The van der Waals surface area contributed by atoms with Crippen LogP contribution in [0.3, 0.4) is 0 Å². The lowest BCUT2D eigenvalue weighted by Crippen LogP contribution is -2.13. The summed E-state index contributed by atoms with van der Waals surface area (Å²) in [6, 6.07) is 5.06. The Bertz CT molecular complexity index is 502. The SMILES string of the molecule is CCCNCc1ccc(OCc2nccs2)c(F)c1. The first-order valence-corrected chi connectivity index (χ1v) is 7.18. The third-order valence-corrected chi connectivity index (χ3v) is 3.34. The molecule has 0 bridgehead atoms. The van der Waals surface area contributed by atoms with E-state index in [0.717, 1.165) is 23.5 Å². The Morgan fingerprint density at radius 3 is 3.00 bits per heavy atom. The normalized spacial score (nSPS) is 10.6. The molecular formula is C14H17FN2OS. The molecule has 0 amide bonds. The van der Waals surface area contributed by atoms with E-state index < -0.39 is 0 Å². The number of rotatable bonds is 7. The van der Waals surface area contributed by atoms with Crippen molar-refractivity contribution in [3.63, 3.8) is 0 Å². The summed E-state index contributed by atoms with van der Waals surface area (Å²) in [4.78, 5) is 4.09. The van der Waals surface area contributed by atoms with Gasteiger partial charge in [0.25, 0.3) is 0 Å². The highest BCUT2D eigenvalue weighted by Gasteiger charge is 2.06. The number of aromatic nitrogens is 1. The molecule has 0 unspecified atom stereocenters. The van der Waals surface area contributed by atoms with E-state index in [0.29, 0.717) is 13.2 Å². The molecule has 1 aromatic carbocycles. The molecule has 1 heterocycles. The maximum atomic E-state index is 13.8. The number of halogens is 1. The monoisotopic (exact) mass is 280 g/mol. The highest BCUT2D eigenvalue weighted by Crippen LogP contribution is 2.20. The Balaban J connectivity index is 1.91. The molecule has 5 heteroatoms. The van der Waals surface area contributed by atoms with Gasteiger partial charge < -0.3 is 10.1 Å². The number of benzene rings is 1. The van der Waals surface area contributed by atoms with E-state index in [-0.39, 0.29) is 11.6 Å². The predicted octanol–water partition coefficient (Wildman–Crippen LogP) is 3.36. The van der Waals surface area contributed by atoms with Gasteiger partial charge in [0.15, 0.2) is 11.6 Å². The second kappa shape index (κ2) is 7.21. The summed E-state index contributed by atoms with van der Waals surface area (Å²) in [6.45, 7) is 4.02. The average Bonchev–Trinajstić information content (AvgIpc) is 2.91. The molecule has 2 rings (SSSR count). The lowest BCUT2D eigenvalue weighted by atomic mass is 10.2. The summed E-state index contributed by atoms with van der Waals surface area (Å²) in [7, 11) is 0. The number of thiazole rings is 1. The zero-order valence-corrected chi connectivity index (χ0v) is 11.7. The average molecular weight is 280 g/mol. The molecule has 0 atom stereocenters. The van der Waals surface area contributed by atoms with Crippen LogP contribution in [0.4, 0.5) is 4.39 Å². The number of nitrogens with one attached hydrogen (secondary N) is 1. The summed E-state index contributed by atoms with van der Waals surface area (Å²) < 4.78 is 19.2. The molecular weight excluding hydrogens is 263 g/mol. The molecule has 102 valence electrons. The van der Waals surface area contributed by atoms with Crippen LogP contribution in [0.2, 0.25) is 0 Å². The van der Waals surface area contributed by atoms with Crippen LogP contribution >= 0.6 is 11.3 Å². The topological polar surface area (TPSA) is 34.1 Å². The molecule has 2 aromatic rings. The standard InChI is InChI=1S/C14H17FN2OS/c1-2-5-16-9-11-3-4-13(12(15)8-11)18-10-14-17-6-7-19-14/h3-4,6-8,16H,2,5,9-10H2,1H3. The third-order valence-electron chi connectivity index (χ3n) is 2.59. The Hall–Kier alpha value is -1.46. The molecule has 1 N–H and O–H groups in total. The van der Waals surface area contributed by atoms with E-state index in [1.54, 1.807) is 12.3 Å². The minimum atomic E-state index is -0.327. The molecule has 0 aliphatic carbocycles. The van der Waals surface area contributed by atoms with Gasteiger partial charge >= 0.3 is 0 Å². The zero-order valence-electron chi connectivity index (χ0n) is 10.9. The van der Waals surface area contributed by atoms with Gasteiger partial charge in [-0.3, -0.25) is 0 Å². The van der Waals surface area contributed by atoms with Crippen molar-refractivity contribution < 1.29 is 9.13 Å². The smallest absolute Gasteiger partial charge is 0.165 e.